The third-order valence-electron chi connectivity index (χ3n) is 4.86. The second-order valence-electron chi connectivity index (χ2n) is 7.17. The fourth-order valence-electron chi connectivity index (χ4n) is 3.33. The van der Waals surface area contributed by atoms with Gasteiger partial charge in [-0.2, -0.15) is 0 Å². The number of hydrogen-bond donors (Lipinski definition) is 2. The summed E-state index contributed by atoms with van der Waals surface area (Å²) in [5, 5.41) is 5.42. The number of anilines is 2. The van der Waals surface area contributed by atoms with E-state index < -0.39 is 27.9 Å². The van der Waals surface area contributed by atoms with E-state index in [1.54, 1.807) is 60.7 Å². The number of furan rings is 1. The average molecular weight is 455 g/mol. The number of sulfonamides is 1. The Bertz CT molecular complexity index is 1240. The molecule has 0 saturated carbocycles. The molecular weight excluding hydrogens is 434 g/mol. The molecule has 0 spiro atoms. The van der Waals surface area contributed by atoms with Gasteiger partial charge in [-0.1, -0.05) is 24.3 Å². The Balaban J connectivity index is 1.51. The van der Waals surface area contributed by atoms with Crippen LogP contribution in [0, 0.1) is 0 Å². The first-order chi connectivity index (χ1) is 15.3. The highest BCUT2D eigenvalue weighted by Gasteiger charge is 2.35. The van der Waals surface area contributed by atoms with Gasteiger partial charge in [0.05, 0.1) is 42.5 Å². The number of benzene rings is 2. The van der Waals surface area contributed by atoms with E-state index in [1.165, 1.54) is 6.26 Å². The zero-order chi connectivity index (χ0) is 22.7. The number of hydrogen-bond acceptors (Lipinski definition) is 6. The zero-order valence-corrected chi connectivity index (χ0v) is 18.0. The van der Waals surface area contributed by atoms with Crippen LogP contribution in [0.3, 0.4) is 0 Å². The van der Waals surface area contributed by atoms with Crippen LogP contribution in [-0.4, -0.2) is 39.1 Å². The van der Waals surface area contributed by atoms with Crippen LogP contribution < -0.4 is 19.7 Å². The lowest BCUT2D eigenvalue weighted by atomic mass is 10.1. The van der Waals surface area contributed by atoms with Gasteiger partial charge in [0.2, 0.25) is 10.0 Å². The fraction of sp³-hybridized carbons (Fsp3) is 0.182. The summed E-state index contributed by atoms with van der Waals surface area (Å²) in [4.78, 5) is 25.6. The van der Waals surface area contributed by atoms with Gasteiger partial charge in [0.25, 0.3) is 11.8 Å². The van der Waals surface area contributed by atoms with Gasteiger partial charge in [-0.15, -0.1) is 0 Å². The Labute approximate surface area is 185 Å². The fourth-order valence-corrected chi connectivity index (χ4v) is 4.25. The standard InChI is InChI=1S/C22H21N3O6S/c1-32(28,29)25-14-20(31-19-11-5-4-10-18(19)25)22(27)24-17-9-3-2-8-16(17)21(26)23-13-15-7-6-12-30-15/h2-12,20H,13-14H2,1H3,(H,23,26)(H,24,27)/t20-/m0/s1. The van der Waals surface area contributed by atoms with Crippen molar-refractivity contribution in [1.29, 1.82) is 0 Å². The van der Waals surface area contributed by atoms with E-state index in [0.29, 0.717) is 11.4 Å². The number of para-hydroxylation sites is 3. The molecule has 1 aliphatic heterocycles. The van der Waals surface area contributed by atoms with Crippen molar-refractivity contribution in [1.82, 2.24) is 5.32 Å². The van der Waals surface area contributed by atoms with Crippen molar-refractivity contribution in [3.05, 3.63) is 78.3 Å². The molecule has 1 aromatic heterocycles. The maximum atomic E-state index is 13.0. The Hall–Kier alpha value is -3.79. The van der Waals surface area contributed by atoms with Crippen molar-refractivity contribution < 1.29 is 27.2 Å². The molecule has 0 bridgehead atoms. The predicted octanol–water partition coefficient (Wildman–Crippen LogP) is 2.38. The Kier molecular flexibility index (Phi) is 5.87. The molecular formula is C22H21N3O6S. The molecule has 1 aliphatic rings. The molecule has 0 radical (unpaired) electrons. The van der Waals surface area contributed by atoms with Crippen LogP contribution in [0.5, 0.6) is 5.75 Å². The van der Waals surface area contributed by atoms with Crippen molar-refractivity contribution in [2.45, 2.75) is 12.6 Å². The molecule has 2 N–H and O–H groups in total. The number of nitrogens with zero attached hydrogens (tertiary/aromatic N) is 1. The topological polar surface area (TPSA) is 118 Å². The molecule has 166 valence electrons. The lowest BCUT2D eigenvalue weighted by molar-refractivity contribution is -0.122. The van der Waals surface area contributed by atoms with Gasteiger partial charge in [0.1, 0.15) is 11.5 Å². The number of carbonyl (C=O) groups excluding carboxylic acids is 2. The summed E-state index contributed by atoms with van der Waals surface area (Å²) in [5.41, 5.74) is 0.906. The minimum atomic E-state index is -3.63. The summed E-state index contributed by atoms with van der Waals surface area (Å²) in [5.74, 6) is -0.0896. The third kappa shape index (κ3) is 4.59. The summed E-state index contributed by atoms with van der Waals surface area (Å²) in [7, 11) is -3.63. The Morgan fingerprint density at radius 3 is 2.56 bits per heavy atom. The van der Waals surface area contributed by atoms with Crippen molar-refractivity contribution >= 4 is 33.2 Å². The molecule has 2 aromatic carbocycles. The lowest BCUT2D eigenvalue weighted by Crippen LogP contribution is -2.48. The van der Waals surface area contributed by atoms with E-state index in [0.717, 1.165) is 10.6 Å². The summed E-state index contributed by atoms with van der Waals surface area (Å²) in [6, 6.07) is 16.6. The van der Waals surface area contributed by atoms with Crippen molar-refractivity contribution in [3.63, 3.8) is 0 Å². The molecule has 32 heavy (non-hydrogen) atoms. The summed E-state index contributed by atoms with van der Waals surface area (Å²) < 4.78 is 36.6. The molecule has 0 aliphatic carbocycles. The monoisotopic (exact) mass is 455 g/mol. The summed E-state index contributed by atoms with van der Waals surface area (Å²) in [6.07, 6.45) is 1.49. The van der Waals surface area contributed by atoms with Crippen LogP contribution in [0.4, 0.5) is 11.4 Å². The van der Waals surface area contributed by atoms with Crippen LogP contribution in [-0.2, 0) is 21.4 Å². The molecule has 10 heteroatoms. The second-order valence-corrected chi connectivity index (χ2v) is 9.07. The second kappa shape index (κ2) is 8.75. The maximum absolute atomic E-state index is 13.0. The molecule has 3 aromatic rings. The highest BCUT2D eigenvalue weighted by Crippen LogP contribution is 2.34. The van der Waals surface area contributed by atoms with Crippen molar-refractivity contribution in [2.24, 2.45) is 0 Å². The quantitative estimate of drug-likeness (QED) is 0.589. The van der Waals surface area contributed by atoms with E-state index in [4.69, 9.17) is 9.15 Å². The number of carbonyl (C=O) groups is 2. The maximum Gasteiger partial charge on any atom is 0.267 e. The smallest absolute Gasteiger partial charge is 0.267 e. The molecule has 2 amide bonds. The first kappa shape index (κ1) is 21.4. The van der Waals surface area contributed by atoms with Crippen LogP contribution in [0.2, 0.25) is 0 Å². The van der Waals surface area contributed by atoms with Crippen LogP contribution >= 0.6 is 0 Å². The summed E-state index contributed by atoms with van der Waals surface area (Å²) >= 11 is 0. The number of fused-ring (bicyclic) bond motifs is 1. The number of ether oxygens (including phenoxy) is 1. The average Bonchev–Trinajstić information content (AvgIpc) is 3.30. The van der Waals surface area contributed by atoms with Gasteiger partial charge in [0.15, 0.2) is 6.10 Å². The van der Waals surface area contributed by atoms with Crippen molar-refractivity contribution in [3.8, 4) is 5.75 Å². The molecule has 1 atom stereocenters. The molecule has 0 fully saturated rings. The number of amides is 2. The van der Waals surface area contributed by atoms with E-state index in [1.807, 2.05) is 0 Å². The summed E-state index contributed by atoms with van der Waals surface area (Å²) in [6.45, 7) is 0.00842. The zero-order valence-electron chi connectivity index (χ0n) is 17.1. The van der Waals surface area contributed by atoms with E-state index in [9.17, 15) is 18.0 Å². The van der Waals surface area contributed by atoms with Gasteiger partial charge in [-0.05, 0) is 36.4 Å². The normalized spacial score (nSPS) is 15.4. The van der Waals surface area contributed by atoms with E-state index >= 15 is 0 Å². The highest BCUT2D eigenvalue weighted by molar-refractivity contribution is 7.92. The molecule has 2 heterocycles. The molecule has 0 unspecified atom stereocenters. The minimum absolute atomic E-state index is 0.186. The van der Waals surface area contributed by atoms with E-state index in [2.05, 4.69) is 10.6 Å². The van der Waals surface area contributed by atoms with E-state index in [-0.39, 0.29) is 30.1 Å². The van der Waals surface area contributed by atoms with Gasteiger partial charge >= 0.3 is 0 Å². The largest absolute Gasteiger partial charge is 0.476 e. The van der Waals surface area contributed by atoms with Crippen molar-refractivity contribution in [2.75, 3.05) is 22.4 Å². The SMILES string of the molecule is CS(=O)(=O)N1C[C@@H](C(=O)Nc2ccccc2C(=O)NCc2ccco2)Oc2ccccc21. The minimum Gasteiger partial charge on any atom is -0.476 e. The number of rotatable bonds is 6. The van der Waals surface area contributed by atoms with Crippen LogP contribution in [0.15, 0.2) is 71.3 Å². The first-order valence-electron chi connectivity index (χ1n) is 9.77. The predicted molar refractivity (Wildman–Crippen MR) is 118 cm³/mol. The molecule has 0 saturated heterocycles. The third-order valence-corrected chi connectivity index (χ3v) is 6.01. The molecule has 9 nitrogen and oxygen atoms in total. The van der Waals surface area contributed by atoms with Crippen LogP contribution in [0.1, 0.15) is 16.1 Å². The Morgan fingerprint density at radius 2 is 1.81 bits per heavy atom. The highest BCUT2D eigenvalue weighted by atomic mass is 32.2. The first-order valence-corrected chi connectivity index (χ1v) is 11.6. The number of nitrogens with one attached hydrogen (secondary N) is 2. The van der Waals surface area contributed by atoms with Gasteiger partial charge in [0, 0.05) is 0 Å². The van der Waals surface area contributed by atoms with Gasteiger partial charge in [-0.3, -0.25) is 13.9 Å². The van der Waals surface area contributed by atoms with Gasteiger partial charge < -0.3 is 19.8 Å². The van der Waals surface area contributed by atoms with Gasteiger partial charge in [-0.25, -0.2) is 8.42 Å². The Morgan fingerprint density at radius 1 is 1.06 bits per heavy atom. The lowest BCUT2D eigenvalue weighted by Gasteiger charge is -2.33. The van der Waals surface area contributed by atoms with Crippen LogP contribution in [0.25, 0.3) is 0 Å². The molecule has 4 rings (SSSR count).